The third-order valence-electron chi connectivity index (χ3n) is 3.91. The van der Waals surface area contributed by atoms with Gasteiger partial charge in [-0.3, -0.25) is 14.5 Å². The summed E-state index contributed by atoms with van der Waals surface area (Å²) in [5.41, 5.74) is 0.738. The molecule has 19 heavy (non-hydrogen) atoms. The Kier molecular flexibility index (Phi) is 2.97. The zero-order chi connectivity index (χ0) is 13.6. The Labute approximate surface area is 116 Å². The fourth-order valence-electron chi connectivity index (χ4n) is 2.94. The fourth-order valence-corrected chi connectivity index (χ4v) is 3.07. The summed E-state index contributed by atoms with van der Waals surface area (Å²) in [6, 6.07) is 6.33. The van der Waals surface area contributed by atoms with E-state index in [2.05, 4.69) is 0 Å². The Hall–Kier alpha value is -1.55. The van der Waals surface area contributed by atoms with Crippen LogP contribution in [0.25, 0.3) is 0 Å². The van der Waals surface area contributed by atoms with E-state index in [4.69, 9.17) is 11.6 Å². The molecular weight excluding hydrogens is 264 g/mol. The Morgan fingerprint density at radius 1 is 1.16 bits per heavy atom. The SMILES string of the molecule is CC1C(=O)N2CCCC2C(=O)N1c1ccc(Cl)cc1. The first-order valence-corrected chi connectivity index (χ1v) is 6.86. The number of rotatable bonds is 1. The number of piperazine rings is 1. The van der Waals surface area contributed by atoms with E-state index in [0.717, 1.165) is 18.5 Å². The van der Waals surface area contributed by atoms with Crippen molar-refractivity contribution >= 4 is 29.1 Å². The van der Waals surface area contributed by atoms with E-state index in [1.54, 1.807) is 41.0 Å². The first-order chi connectivity index (χ1) is 9.09. The number of nitrogens with zero attached hydrogens (tertiary/aromatic N) is 2. The number of fused-ring (bicyclic) bond motifs is 1. The highest BCUT2D eigenvalue weighted by Gasteiger charge is 2.46. The fraction of sp³-hybridized carbons (Fsp3) is 0.429. The predicted octanol–water partition coefficient (Wildman–Crippen LogP) is 2.07. The maximum absolute atomic E-state index is 12.5. The van der Waals surface area contributed by atoms with E-state index < -0.39 is 6.04 Å². The van der Waals surface area contributed by atoms with Crippen molar-refractivity contribution in [3.05, 3.63) is 29.3 Å². The van der Waals surface area contributed by atoms with Crippen LogP contribution in [0.15, 0.2) is 24.3 Å². The lowest BCUT2D eigenvalue weighted by atomic mass is 10.1. The van der Waals surface area contributed by atoms with Crippen molar-refractivity contribution in [3.8, 4) is 0 Å². The molecule has 2 aliphatic heterocycles. The number of benzene rings is 1. The summed E-state index contributed by atoms with van der Waals surface area (Å²) in [4.78, 5) is 28.2. The van der Waals surface area contributed by atoms with Gasteiger partial charge in [-0.25, -0.2) is 0 Å². The lowest BCUT2D eigenvalue weighted by Gasteiger charge is -2.40. The van der Waals surface area contributed by atoms with E-state index >= 15 is 0 Å². The van der Waals surface area contributed by atoms with Gasteiger partial charge in [-0.15, -0.1) is 0 Å². The molecule has 3 rings (SSSR count). The molecule has 4 nitrogen and oxygen atoms in total. The van der Waals surface area contributed by atoms with Crippen LogP contribution in [0.1, 0.15) is 19.8 Å². The van der Waals surface area contributed by atoms with Crippen LogP contribution in [0, 0.1) is 0 Å². The second-order valence-electron chi connectivity index (χ2n) is 5.05. The maximum atomic E-state index is 12.5. The number of hydrogen-bond acceptors (Lipinski definition) is 2. The molecule has 0 spiro atoms. The van der Waals surface area contributed by atoms with Gasteiger partial charge >= 0.3 is 0 Å². The van der Waals surface area contributed by atoms with Crippen LogP contribution in [-0.4, -0.2) is 35.3 Å². The Balaban J connectivity index is 1.98. The average molecular weight is 279 g/mol. The molecule has 0 aromatic heterocycles. The van der Waals surface area contributed by atoms with E-state index in [1.807, 2.05) is 0 Å². The van der Waals surface area contributed by atoms with Crippen molar-refractivity contribution in [1.82, 2.24) is 4.90 Å². The Bertz CT molecular complexity index is 529. The molecule has 0 bridgehead atoms. The molecule has 1 aromatic carbocycles. The molecule has 0 saturated carbocycles. The lowest BCUT2D eigenvalue weighted by Crippen LogP contribution is -2.62. The van der Waals surface area contributed by atoms with Gasteiger partial charge in [0.2, 0.25) is 5.91 Å². The van der Waals surface area contributed by atoms with Gasteiger partial charge in [-0.1, -0.05) is 11.6 Å². The normalized spacial score (nSPS) is 26.8. The van der Waals surface area contributed by atoms with Crippen LogP contribution >= 0.6 is 11.6 Å². The van der Waals surface area contributed by atoms with Gasteiger partial charge in [-0.2, -0.15) is 0 Å². The monoisotopic (exact) mass is 278 g/mol. The van der Waals surface area contributed by atoms with Crippen molar-refractivity contribution in [1.29, 1.82) is 0 Å². The summed E-state index contributed by atoms with van der Waals surface area (Å²) < 4.78 is 0. The van der Waals surface area contributed by atoms with Crippen LogP contribution in [0.4, 0.5) is 5.69 Å². The van der Waals surface area contributed by atoms with Crippen molar-refractivity contribution in [3.63, 3.8) is 0 Å². The van der Waals surface area contributed by atoms with Gasteiger partial charge in [-0.05, 0) is 44.0 Å². The first-order valence-electron chi connectivity index (χ1n) is 6.48. The zero-order valence-electron chi connectivity index (χ0n) is 10.7. The average Bonchev–Trinajstić information content (AvgIpc) is 2.88. The van der Waals surface area contributed by atoms with Crippen LogP contribution in [0.5, 0.6) is 0 Å². The van der Waals surface area contributed by atoms with Gasteiger partial charge in [0.25, 0.3) is 5.91 Å². The van der Waals surface area contributed by atoms with Crippen molar-refractivity contribution < 1.29 is 9.59 Å². The van der Waals surface area contributed by atoms with Crippen LogP contribution in [0.2, 0.25) is 5.02 Å². The smallest absolute Gasteiger partial charge is 0.250 e. The molecule has 0 N–H and O–H groups in total. The maximum Gasteiger partial charge on any atom is 0.250 e. The largest absolute Gasteiger partial charge is 0.329 e. The zero-order valence-corrected chi connectivity index (χ0v) is 11.4. The van der Waals surface area contributed by atoms with Crippen molar-refractivity contribution in [2.24, 2.45) is 0 Å². The third kappa shape index (κ3) is 1.91. The van der Waals surface area contributed by atoms with Gasteiger partial charge in [0.1, 0.15) is 12.1 Å². The molecule has 2 heterocycles. The summed E-state index contributed by atoms with van der Waals surface area (Å²) in [5.74, 6) is 0.0592. The molecule has 0 aliphatic carbocycles. The molecule has 2 amide bonds. The topological polar surface area (TPSA) is 40.6 Å². The highest BCUT2D eigenvalue weighted by Crippen LogP contribution is 2.31. The van der Waals surface area contributed by atoms with Gasteiger partial charge in [0.05, 0.1) is 0 Å². The standard InChI is InChI=1S/C14H15ClN2O2/c1-9-13(18)16-8-2-3-12(16)14(19)17(9)11-6-4-10(15)5-7-11/h4-7,9,12H,2-3,8H2,1H3. The number of anilines is 1. The molecular formula is C14H15ClN2O2. The van der Waals surface area contributed by atoms with E-state index in [-0.39, 0.29) is 17.9 Å². The van der Waals surface area contributed by atoms with Crippen LogP contribution in [0.3, 0.4) is 0 Å². The predicted molar refractivity (Wildman–Crippen MR) is 73.1 cm³/mol. The molecule has 100 valence electrons. The minimum Gasteiger partial charge on any atom is -0.329 e. The van der Waals surface area contributed by atoms with Gasteiger partial charge in [0, 0.05) is 17.3 Å². The van der Waals surface area contributed by atoms with E-state index in [9.17, 15) is 9.59 Å². The molecule has 2 aliphatic rings. The number of halogens is 1. The minimum atomic E-state index is -0.442. The Morgan fingerprint density at radius 3 is 2.53 bits per heavy atom. The molecule has 2 unspecified atom stereocenters. The number of hydrogen-bond donors (Lipinski definition) is 0. The summed E-state index contributed by atoms with van der Waals surface area (Å²) in [7, 11) is 0. The van der Waals surface area contributed by atoms with E-state index in [1.165, 1.54) is 0 Å². The van der Waals surface area contributed by atoms with Gasteiger partial charge < -0.3 is 4.90 Å². The summed E-state index contributed by atoms with van der Waals surface area (Å²) >= 11 is 5.86. The lowest BCUT2D eigenvalue weighted by molar-refractivity contribution is -0.143. The second kappa shape index (κ2) is 4.53. The van der Waals surface area contributed by atoms with Crippen LogP contribution in [-0.2, 0) is 9.59 Å². The number of amides is 2. The first kappa shape index (κ1) is 12.5. The minimum absolute atomic E-state index is 0.0203. The van der Waals surface area contributed by atoms with Crippen molar-refractivity contribution in [2.45, 2.75) is 31.8 Å². The molecule has 0 radical (unpaired) electrons. The number of carbonyl (C=O) groups excluding carboxylic acids is 2. The molecule has 5 heteroatoms. The summed E-state index contributed by atoms with van der Waals surface area (Å²) in [6.07, 6.45) is 1.67. The highest BCUT2D eigenvalue weighted by atomic mass is 35.5. The summed E-state index contributed by atoms with van der Waals surface area (Å²) in [5, 5.41) is 0.620. The molecule has 2 atom stereocenters. The quantitative estimate of drug-likeness (QED) is 0.789. The molecule has 2 saturated heterocycles. The van der Waals surface area contributed by atoms with Crippen molar-refractivity contribution in [2.75, 3.05) is 11.4 Å². The third-order valence-corrected chi connectivity index (χ3v) is 4.16. The van der Waals surface area contributed by atoms with E-state index in [0.29, 0.717) is 11.6 Å². The summed E-state index contributed by atoms with van der Waals surface area (Å²) in [6.45, 7) is 2.48. The van der Waals surface area contributed by atoms with Crippen LogP contribution < -0.4 is 4.90 Å². The van der Waals surface area contributed by atoms with Gasteiger partial charge in [0.15, 0.2) is 0 Å². The highest BCUT2D eigenvalue weighted by molar-refractivity contribution is 6.30. The molecule has 1 aromatic rings. The second-order valence-corrected chi connectivity index (χ2v) is 5.49. The Morgan fingerprint density at radius 2 is 1.84 bits per heavy atom. The number of carbonyl (C=O) groups is 2. The molecule has 2 fully saturated rings.